The number of hydrogen-bond acceptors (Lipinski definition) is 3. The van der Waals surface area contributed by atoms with Crippen LogP contribution < -0.4 is 10.1 Å². The van der Waals surface area contributed by atoms with Gasteiger partial charge in [-0.05, 0) is 37.2 Å². The number of nitrogens with one attached hydrogen (secondary N) is 1. The maximum atomic E-state index is 8.39. The second-order valence-electron chi connectivity index (χ2n) is 3.39. The molecule has 4 heteroatoms. The first-order valence-corrected chi connectivity index (χ1v) is 6.00. The molecule has 0 spiro atoms. The Morgan fingerprint density at radius 1 is 1.50 bits per heavy atom. The summed E-state index contributed by atoms with van der Waals surface area (Å²) in [5.74, 6) is 0.853. The lowest BCUT2D eigenvalue weighted by molar-refractivity contribution is 0.312. The predicted octanol–water partition coefficient (Wildman–Crippen LogP) is 2.85. The van der Waals surface area contributed by atoms with Crippen molar-refractivity contribution < 1.29 is 4.74 Å². The number of nitrogens with zero attached hydrogens (tertiary/aromatic N) is 1. The zero-order chi connectivity index (χ0) is 11.8. The Kier molecular flexibility index (Phi) is 5.91. The first kappa shape index (κ1) is 13.0. The lowest BCUT2D eigenvalue weighted by atomic mass is 10.2. The average molecular weight is 283 g/mol. The maximum absolute atomic E-state index is 8.39. The van der Waals surface area contributed by atoms with Gasteiger partial charge < -0.3 is 10.1 Å². The number of rotatable bonds is 6. The Morgan fingerprint density at radius 3 is 3.00 bits per heavy atom. The molecule has 1 aromatic rings. The van der Waals surface area contributed by atoms with E-state index in [-0.39, 0.29) is 0 Å². The molecular formula is C12H15BrN2O. The number of benzene rings is 1. The van der Waals surface area contributed by atoms with E-state index in [1.807, 2.05) is 25.2 Å². The third kappa shape index (κ3) is 4.21. The fraction of sp³-hybridized carbons (Fsp3) is 0.417. The van der Waals surface area contributed by atoms with E-state index in [0.717, 1.165) is 23.2 Å². The zero-order valence-corrected chi connectivity index (χ0v) is 10.9. The van der Waals surface area contributed by atoms with Gasteiger partial charge in [0, 0.05) is 17.4 Å². The lowest BCUT2D eigenvalue weighted by Gasteiger charge is -2.08. The first-order valence-electron chi connectivity index (χ1n) is 5.20. The normalized spacial score (nSPS) is 9.81. The van der Waals surface area contributed by atoms with Crippen LogP contribution in [0.5, 0.6) is 5.75 Å². The van der Waals surface area contributed by atoms with Crippen LogP contribution >= 0.6 is 15.9 Å². The third-order valence-electron chi connectivity index (χ3n) is 2.09. The highest BCUT2D eigenvalue weighted by atomic mass is 79.9. The van der Waals surface area contributed by atoms with Crippen LogP contribution in [0.4, 0.5) is 0 Å². The van der Waals surface area contributed by atoms with Crippen molar-refractivity contribution >= 4 is 15.9 Å². The monoisotopic (exact) mass is 282 g/mol. The molecule has 1 aromatic carbocycles. The van der Waals surface area contributed by atoms with Gasteiger partial charge in [0.2, 0.25) is 0 Å². The Morgan fingerprint density at radius 2 is 2.31 bits per heavy atom. The SMILES string of the molecule is CNCc1cc(OCCCC#N)ccc1Br. The summed E-state index contributed by atoms with van der Waals surface area (Å²) in [4.78, 5) is 0. The highest BCUT2D eigenvalue weighted by Crippen LogP contribution is 2.22. The molecular weight excluding hydrogens is 268 g/mol. The second-order valence-corrected chi connectivity index (χ2v) is 4.25. The van der Waals surface area contributed by atoms with Crippen LogP contribution in [0.2, 0.25) is 0 Å². The molecule has 0 saturated carbocycles. The van der Waals surface area contributed by atoms with E-state index in [9.17, 15) is 0 Å². The molecule has 0 amide bonds. The predicted molar refractivity (Wildman–Crippen MR) is 67.2 cm³/mol. The van der Waals surface area contributed by atoms with Crippen LogP contribution in [0.15, 0.2) is 22.7 Å². The molecule has 16 heavy (non-hydrogen) atoms. The van der Waals surface area contributed by atoms with E-state index < -0.39 is 0 Å². The van der Waals surface area contributed by atoms with Crippen molar-refractivity contribution in [2.75, 3.05) is 13.7 Å². The van der Waals surface area contributed by atoms with Crippen molar-refractivity contribution in [2.45, 2.75) is 19.4 Å². The molecule has 0 atom stereocenters. The van der Waals surface area contributed by atoms with Crippen molar-refractivity contribution in [3.63, 3.8) is 0 Å². The lowest BCUT2D eigenvalue weighted by Crippen LogP contribution is -2.06. The van der Waals surface area contributed by atoms with Gasteiger partial charge in [0.15, 0.2) is 0 Å². The van der Waals surface area contributed by atoms with Crippen LogP contribution in [0, 0.1) is 11.3 Å². The van der Waals surface area contributed by atoms with Crippen LogP contribution in [0.25, 0.3) is 0 Å². The van der Waals surface area contributed by atoms with Gasteiger partial charge in [0.05, 0.1) is 12.7 Å². The molecule has 0 bridgehead atoms. The Bertz CT molecular complexity index is 374. The molecule has 0 heterocycles. The summed E-state index contributed by atoms with van der Waals surface area (Å²) in [5.41, 5.74) is 1.17. The van der Waals surface area contributed by atoms with Crippen LogP contribution in [-0.4, -0.2) is 13.7 Å². The van der Waals surface area contributed by atoms with Crippen molar-refractivity contribution in [1.29, 1.82) is 5.26 Å². The van der Waals surface area contributed by atoms with E-state index >= 15 is 0 Å². The van der Waals surface area contributed by atoms with Gasteiger partial charge in [-0.2, -0.15) is 5.26 Å². The molecule has 0 aliphatic carbocycles. The average Bonchev–Trinajstić information content (AvgIpc) is 2.29. The van der Waals surface area contributed by atoms with E-state index in [0.29, 0.717) is 13.0 Å². The molecule has 86 valence electrons. The highest BCUT2D eigenvalue weighted by Gasteiger charge is 2.01. The summed E-state index contributed by atoms with van der Waals surface area (Å²) in [6, 6.07) is 8.01. The Hall–Kier alpha value is -1.05. The standard InChI is InChI=1S/C12H15BrN2O/c1-15-9-10-8-11(4-5-12(10)13)16-7-3-2-6-14/h4-5,8,15H,2-3,7,9H2,1H3. The quantitative estimate of drug-likeness (QED) is 0.816. The van der Waals surface area contributed by atoms with E-state index in [1.165, 1.54) is 5.56 Å². The van der Waals surface area contributed by atoms with Crippen molar-refractivity contribution in [3.8, 4) is 11.8 Å². The smallest absolute Gasteiger partial charge is 0.119 e. The molecule has 0 aromatic heterocycles. The summed E-state index contributed by atoms with van der Waals surface area (Å²) < 4.78 is 6.63. The molecule has 1 N–H and O–H groups in total. The summed E-state index contributed by atoms with van der Waals surface area (Å²) in [5, 5.41) is 11.5. The van der Waals surface area contributed by atoms with Crippen molar-refractivity contribution in [3.05, 3.63) is 28.2 Å². The molecule has 0 saturated heterocycles. The number of hydrogen-bond donors (Lipinski definition) is 1. The topological polar surface area (TPSA) is 45.0 Å². The van der Waals surface area contributed by atoms with Crippen LogP contribution in [-0.2, 0) is 6.54 Å². The molecule has 0 aliphatic rings. The molecule has 0 radical (unpaired) electrons. The van der Waals surface area contributed by atoms with Crippen molar-refractivity contribution in [2.24, 2.45) is 0 Å². The maximum Gasteiger partial charge on any atom is 0.119 e. The molecule has 1 rings (SSSR count). The minimum Gasteiger partial charge on any atom is -0.494 e. The largest absolute Gasteiger partial charge is 0.494 e. The second kappa shape index (κ2) is 7.26. The van der Waals surface area contributed by atoms with Gasteiger partial charge >= 0.3 is 0 Å². The Balaban J connectivity index is 2.54. The van der Waals surface area contributed by atoms with Crippen LogP contribution in [0.3, 0.4) is 0 Å². The summed E-state index contributed by atoms with van der Waals surface area (Å²) in [6.45, 7) is 1.39. The van der Waals surface area contributed by atoms with Gasteiger partial charge in [0.25, 0.3) is 0 Å². The molecule has 3 nitrogen and oxygen atoms in total. The highest BCUT2D eigenvalue weighted by molar-refractivity contribution is 9.10. The summed E-state index contributed by atoms with van der Waals surface area (Å²) in [7, 11) is 1.91. The van der Waals surface area contributed by atoms with Gasteiger partial charge in [-0.1, -0.05) is 15.9 Å². The first-order chi connectivity index (χ1) is 7.77. The van der Waals surface area contributed by atoms with Crippen LogP contribution in [0.1, 0.15) is 18.4 Å². The van der Waals surface area contributed by atoms with Gasteiger partial charge in [0.1, 0.15) is 5.75 Å². The minimum absolute atomic E-state index is 0.542. The number of halogens is 1. The van der Waals surface area contributed by atoms with Gasteiger partial charge in [-0.25, -0.2) is 0 Å². The Labute approximate surface area is 105 Å². The summed E-state index contributed by atoms with van der Waals surface area (Å²) >= 11 is 3.49. The van der Waals surface area contributed by atoms with E-state index in [1.54, 1.807) is 0 Å². The third-order valence-corrected chi connectivity index (χ3v) is 2.86. The zero-order valence-electron chi connectivity index (χ0n) is 9.29. The molecule has 0 unspecified atom stereocenters. The van der Waals surface area contributed by atoms with Crippen molar-refractivity contribution in [1.82, 2.24) is 5.32 Å². The fourth-order valence-electron chi connectivity index (χ4n) is 1.31. The number of nitriles is 1. The number of unbranched alkanes of at least 4 members (excludes halogenated alkanes) is 1. The van der Waals surface area contributed by atoms with Gasteiger partial charge in [-0.3, -0.25) is 0 Å². The van der Waals surface area contributed by atoms with E-state index in [2.05, 4.69) is 27.3 Å². The molecule has 0 fully saturated rings. The van der Waals surface area contributed by atoms with Gasteiger partial charge in [-0.15, -0.1) is 0 Å². The fourth-order valence-corrected chi connectivity index (χ4v) is 1.69. The minimum atomic E-state index is 0.542. The summed E-state index contributed by atoms with van der Waals surface area (Å²) in [6.07, 6.45) is 1.31. The van der Waals surface area contributed by atoms with E-state index in [4.69, 9.17) is 10.00 Å². The number of ether oxygens (including phenoxy) is 1. The molecule has 0 aliphatic heterocycles.